The molecule has 0 saturated carbocycles. The van der Waals surface area contributed by atoms with Crippen LogP contribution in [-0.2, 0) is 29.1 Å². The summed E-state index contributed by atoms with van der Waals surface area (Å²) in [5.74, 6) is -0.338. The van der Waals surface area contributed by atoms with Gasteiger partial charge < -0.3 is 19.6 Å². The van der Waals surface area contributed by atoms with Gasteiger partial charge in [-0.1, -0.05) is 18.2 Å². The number of nitrogens with zero attached hydrogens (tertiary/aromatic N) is 2. The van der Waals surface area contributed by atoms with E-state index in [0.717, 1.165) is 11.1 Å². The van der Waals surface area contributed by atoms with Crippen LogP contribution in [0.15, 0.2) is 39.6 Å². The topological polar surface area (TPSA) is 114 Å². The maximum atomic E-state index is 12.1. The number of anilines is 1. The maximum absolute atomic E-state index is 12.1. The predicted octanol–water partition coefficient (Wildman–Crippen LogP) is 1.03. The van der Waals surface area contributed by atoms with Crippen molar-refractivity contribution >= 4 is 23.3 Å². The largest absolute Gasteiger partial charge is 0.442 e. The van der Waals surface area contributed by atoms with Crippen molar-refractivity contribution in [2.45, 2.75) is 32.6 Å². The van der Waals surface area contributed by atoms with E-state index in [1.54, 1.807) is 0 Å². The van der Waals surface area contributed by atoms with Gasteiger partial charge in [0.2, 0.25) is 5.91 Å². The fourth-order valence-corrected chi connectivity index (χ4v) is 3.61. The lowest BCUT2D eigenvalue weighted by Crippen LogP contribution is -2.33. The van der Waals surface area contributed by atoms with Crippen LogP contribution in [0.25, 0.3) is 5.57 Å². The molecule has 1 saturated heterocycles. The summed E-state index contributed by atoms with van der Waals surface area (Å²) in [6, 6.07) is 7.48. The predicted molar refractivity (Wildman–Crippen MR) is 103 cm³/mol. The smallest absolute Gasteiger partial charge is 0.419 e. The number of amides is 2. The Balaban J connectivity index is 1.47. The number of oxazole rings is 1. The quantitative estimate of drug-likeness (QED) is 0.776. The summed E-state index contributed by atoms with van der Waals surface area (Å²) in [6.45, 7) is 2.13. The normalized spacial score (nSPS) is 18.3. The molecule has 0 unspecified atom stereocenters. The highest BCUT2D eigenvalue weighted by molar-refractivity contribution is 5.90. The third-order valence-corrected chi connectivity index (χ3v) is 5.10. The average molecular weight is 399 g/mol. The lowest BCUT2D eigenvalue weighted by atomic mass is 9.97. The first-order chi connectivity index (χ1) is 14.0. The van der Waals surface area contributed by atoms with Gasteiger partial charge in [-0.3, -0.25) is 14.3 Å². The maximum Gasteiger partial charge on any atom is 0.419 e. The van der Waals surface area contributed by atoms with Crippen molar-refractivity contribution in [1.82, 2.24) is 9.88 Å². The highest BCUT2D eigenvalue weighted by atomic mass is 16.6. The molecule has 1 atom stereocenters. The van der Waals surface area contributed by atoms with E-state index >= 15 is 0 Å². The second-order valence-corrected chi connectivity index (χ2v) is 7.01. The van der Waals surface area contributed by atoms with Gasteiger partial charge in [0.15, 0.2) is 5.76 Å². The molecule has 2 amide bonds. The summed E-state index contributed by atoms with van der Waals surface area (Å²) in [4.78, 5) is 36.5. The number of ether oxygens (including phenoxy) is 1. The molecule has 2 N–H and O–H groups in total. The van der Waals surface area contributed by atoms with Gasteiger partial charge in [-0.25, -0.2) is 9.59 Å². The molecule has 2 aliphatic rings. The van der Waals surface area contributed by atoms with Crippen LogP contribution in [0.2, 0.25) is 0 Å². The second-order valence-electron chi connectivity index (χ2n) is 7.01. The summed E-state index contributed by atoms with van der Waals surface area (Å²) in [5.41, 5.74) is 3.36. The molecule has 0 radical (unpaired) electrons. The van der Waals surface area contributed by atoms with Crippen molar-refractivity contribution in [3.63, 3.8) is 0 Å². The Morgan fingerprint density at radius 2 is 2.03 bits per heavy atom. The zero-order chi connectivity index (χ0) is 20.5. The molecule has 1 aromatic heterocycles. The van der Waals surface area contributed by atoms with E-state index in [2.05, 4.69) is 5.32 Å². The molecule has 1 fully saturated rings. The summed E-state index contributed by atoms with van der Waals surface area (Å²) in [6.07, 6.45) is 1.60. The van der Waals surface area contributed by atoms with E-state index in [4.69, 9.17) is 9.15 Å². The van der Waals surface area contributed by atoms with Crippen LogP contribution in [0.5, 0.6) is 0 Å². The number of cyclic esters (lactones) is 1. The van der Waals surface area contributed by atoms with Crippen LogP contribution in [0.1, 0.15) is 23.9 Å². The lowest BCUT2D eigenvalue weighted by Gasteiger charge is -2.17. The molecule has 0 bridgehead atoms. The molecular formula is C20H21N3O6. The molecule has 2 aliphatic heterocycles. The number of rotatable bonds is 5. The van der Waals surface area contributed by atoms with Crippen molar-refractivity contribution in [3.05, 3.63) is 57.9 Å². The Kier molecular flexibility index (Phi) is 4.98. The first kappa shape index (κ1) is 19.0. The number of allylic oxidation sites excluding steroid dienone is 2. The first-order valence-corrected chi connectivity index (χ1v) is 9.30. The fourth-order valence-electron chi connectivity index (χ4n) is 3.61. The van der Waals surface area contributed by atoms with Crippen molar-refractivity contribution in [3.8, 4) is 0 Å². The highest BCUT2D eigenvalue weighted by Crippen LogP contribution is 2.28. The minimum absolute atomic E-state index is 0.169. The van der Waals surface area contributed by atoms with E-state index in [-0.39, 0.29) is 25.2 Å². The number of carbonyl (C=O) groups excluding carboxylic acids is 2. The van der Waals surface area contributed by atoms with Gasteiger partial charge in [0.25, 0.3) is 0 Å². The molecule has 9 nitrogen and oxygen atoms in total. The Hall–Kier alpha value is -3.33. The van der Waals surface area contributed by atoms with E-state index in [9.17, 15) is 19.5 Å². The van der Waals surface area contributed by atoms with E-state index < -0.39 is 11.8 Å². The summed E-state index contributed by atoms with van der Waals surface area (Å²) in [5, 5.41) is 12.0. The van der Waals surface area contributed by atoms with Crippen molar-refractivity contribution in [2.75, 3.05) is 18.0 Å². The van der Waals surface area contributed by atoms with Gasteiger partial charge in [0.05, 0.1) is 18.8 Å². The number of benzene rings is 1. The van der Waals surface area contributed by atoms with Gasteiger partial charge in [0, 0.05) is 25.6 Å². The van der Waals surface area contributed by atoms with Crippen LogP contribution >= 0.6 is 0 Å². The second kappa shape index (κ2) is 7.59. The minimum atomic E-state index is -0.462. The van der Waals surface area contributed by atoms with Crippen LogP contribution in [-0.4, -0.2) is 40.9 Å². The van der Waals surface area contributed by atoms with Crippen molar-refractivity contribution in [1.29, 1.82) is 0 Å². The van der Waals surface area contributed by atoms with E-state index in [0.29, 0.717) is 36.7 Å². The molecule has 3 heterocycles. The number of aliphatic hydroxyl groups excluding tert-OH is 1. The average Bonchev–Trinajstić information content (AvgIpc) is 3.25. The van der Waals surface area contributed by atoms with Gasteiger partial charge >= 0.3 is 11.8 Å². The number of aromatic nitrogens is 1. The number of hydrogen-bond acceptors (Lipinski definition) is 6. The number of fused-ring (bicyclic) bond motifs is 1. The number of hydrogen-bond donors (Lipinski definition) is 2. The third-order valence-electron chi connectivity index (χ3n) is 5.10. The van der Waals surface area contributed by atoms with E-state index in [1.807, 2.05) is 30.3 Å². The fraction of sp³-hybridized carbons (Fsp3) is 0.350. The molecule has 0 aliphatic carbocycles. The third kappa shape index (κ3) is 3.68. The first-order valence-electron chi connectivity index (χ1n) is 9.30. The molecule has 29 heavy (non-hydrogen) atoms. The number of aliphatic hydroxyl groups is 1. The summed E-state index contributed by atoms with van der Waals surface area (Å²) >= 11 is 0. The van der Waals surface area contributed by atoms with Gasteiger partial charge in [-0.15, -0.1) is 0 Å². The molecule has 4 rings (SSSR count). The Morgan fingerprint density at radius 3 is 2.72 bits per heavy atom. The van der Waals surface area contributed by atoms with Crippen LogP contribution in [0.4, 0.5) is 10.5 Å². The van der Waals surface area contributed by atoms with Gasteiger partial charge in [0.1, 0.15) is 12.7 Å². The summed E-state index contributed by atoms with van der Waals surface area (Å²) < 4.78 is 11.9. The monoisotopic (exact) mass is 399 g/mol. The Labute approximate surface area is 166 Å². The van der Waals surface area contributed by atoms with Gasteiger partial charge in [-0.2, -0.15) is 0 Å². The molecule has 2 aromatic rings. The molecule has 9 heteroatoms. The standard InChI is InChI=1S/C20H21N3O6/c1-12(25)21-9-16-10-23(20(27)28-16)15-4-2-13(3-5-15)14-6-7-22-17(8-14)18(11-24)29-19(22)26/h2-6,16,24H,7-11H2,1H3,(H,21,25)/t16-/m0/s1. The SMILES string of the molecule is CC(=O)NC[C@H]1CN(c2ccc(C3=CCn4c(c(CO)oc4=O)C3)cc2)C(=O)O1. The highest BCUT2D eigenvalue weighted by Gasteiger charge is 2.32. The number of nitrogens with one attached hydrogen (secondary N) is 1. The lowest BCUT2D eigenvalue weighted by molar-refractivity contribution is -0.119. The van der Waals surface area contributed by atoms with Crippen molar-refractivity contribution in [2.24, 2.45) is 0 Å². The number of carbonyl (C=O) groups is 2. The van der Waals surface area contributed by atoms with Crippen LogP contribution in [0.3, 0.4) is 0 Å². The van der Waals surface area contributed by atoms with Crippen LogP contribution in [0, 0.1) is 0 Å². The Morgan fingerprint density at radius 1 is 1.28 bits per heavy atom. The summed E-state index contributed by atoms with van der Waals surface area (Å²) in [7, 11) is 0. The zero-order valence-corrected chi connectivity index (χ0v) is 15.9. The minimum Gasteiger partial charge on any atom is -0.442 e. The Bertz CT molecular complexity index is 1030. The molecule has 152 valence electrons. The molecule has 1 aromatic carbocycles. The molecule has 0 spiro atoms. The van der Waals surface area contributed by atoms with Crippen molar-refractivity contribution < 1.29 is 23.8 Å². The van der Waals surface area contributed by atoms with Crippen LogP contribution < -0.4 is 16.0 Å². The van der Waals surface area contributed by atoms with Gasteiger partial charge in [-0.05, 0) is 23.3 Å². The van der Waals surface area contributed by atoms with E-state index in [1.165, 1.54) is 16.4 Å². The zero-order valence-electron chi connectivity index (χ0n) is 15.9. The molecular weight excluding hydrogens is 378 g/mol.